The van der Waals surface area contributed by atoms with Crippen molar-refractivity contribution in [2.75, 3.05) is 20.3 Å². The van der Waals surface area contributed by atoms with Gasteiger partial charge in [-0.15, -0.1) is 0 Å². The first-order valence-corrected chi connectivity index (χ1v) is 11.9. The van der Waals surface area contributed by atoms with Crippen LogP contribution in [0, 0.1) is 17.8 Å². The van der Waals surface area contributed by atoms with Gasteiger partial charge in [0.2, 0.25) is 0 Å². The van der Waals surface area contributed by atoms with Crippen molar-refractivity contribution >= 4 is 5.97 Å². The lowest BCUT2D eigenvalue weighted by atomic mass is 9.68. The van der Waals surface area contributed by atoms with Crippen molar-refractivity contribution in [1.82, 2.24) is 5.32 Å². The summed E-state index contributed by atoms with van der Waals surface area (Å²) in [7, 11) is 1.71. The molecule has 0 radical (unpaired) electrons. The normalized spacial score (nSPS) is 36.9. The second-order valence-corrected chi connectivity index (χ2v) is 10.8. The third-order valence-electron chi connectivity index (χ3n) is 7.44. The molecular formula is C25H43NO5. The Labute approximate surface area is 188 Å². The van der Waals surface area contributed by atoms with Crippen LogP contribution in [0.5, 0.6) is 0 Å². The molecule has 0 amide bonds. The third-order valence-corrected chi connectivity index (χ3v) is 7.44. The molecule has 1 spiro atoms. The molecule has 1 unspecified atom stereocenters. The summed E-state index contributed by atoms with van der Waals surface area (Å²) in [5.41, 5.74) is 0.784. The zero-order valence-electron chi connectivity index (χ0n) is 20.7. The molecular weight excluding hydrogens is 394 g/mol. The summed E-state index contributed by atoms with van der Waals surface area (Å²) < 4.78 is 24.1. The molecule has 6 nitrogen and oxygen atoms in total. The molecule has 1 N–H and O–H groups in total. The number of carbonyl (C=O) groups is 1. The van der Waals surface area contributed by atoms with E-state index in [-0.39, 0.29) is 54.0 Å². The lowest BCUT2D eigenvalue weighted by Gasteiger charge is -2.42. The highest BCUT2D eigenvalue weighted by Gasteiger charge is 2.72. The third kappa shape index (κ3) is 5.35. The second kappa shape index (κ2) is 9.50. The molecule has 0 bridgehead atoms. The maximum atomic E-state index is 12.7. The van der Waals surface area contributed by atoms with E-state index in [2.05, 4.69) is 59.9 Å². The summed E-state index contributed by atoms with van der Waals surface area (Å²) in [5, 5.41) is 3.39. The molecule has 3 rings (SSSR count). The fourth-order valence-corrected chi connectivity index (χ4v) is 5.72. The van der Waals surface area contributed by atoms with Gasteiger partial charge in [-0.2, -0.15) is 0 Å². The Morgan fingerprint density at radius 3 is 2.39 bits per heavy atom. The summed E-state index contributed by atoms with van der Waals surface area (Å²) >= 11 is 0. The van der Waals surface area contributed by atoms with Crippen LogP contribution in [0.25, 0.3) is 0 Å². The maximum Gasteiger partial charge on any atom is 0.320 e. The molecule has 0 aromatic carbocycles. The van der Waals surface area contributed by atoms with Crippen LogP contribution in [0.15, 0.2) is 11.6 Å². The quantitative estimate of drug-likeness (QED) is 0.318. The van der Waals surface area contributed by atoms with Crippen LogP contribution in [0.4, 0.5) is 0 Å². The standard InChI is InChI=1S/C25H43NO5/c1-15(2)9-10-19-24(7,31-19)23-22(28-8)18(11-12-25(23)14-29-25)30-20(27)13-26-21(16(3)4)17(5)6/h9,16-19,21-23,26H,10-14H2,1-8H3/t18-,19?,22-,23-,24+,25+/m1/s1. The summed E-state index contributed by atoms with van der Waals surface area (Å²) in [5.74, 6) is 0.747. The Bertz CT molecular complexity index is 659. The van der Waals surface area contributed by atoms with Gasteiger partial charge in [-0.25, -0.2) is 0 Å². The van der Waals surface area contributed by atoms with Gasteiger partial charge in [0.1, 0.15) is 23.4 Å². The molecule has 3 aliphatic rings. The van der Waals surface area contributed by atoms with Gasteiger partial charge in [-0.1, -0.05) is 39.3 Å². The van der Waals surface area contributed by atoms with E-state index in [1.165, 1.54) is 5.57 Å². The molecule has 0 aromatic rings. The molecule has 1 saturated carbocycles. The molecule has 31 heavy (non-hydrogen) atoms. The van der Waals surface area contributed by atoms with Gasteiger partial charge in [0.25, 0.3) is 0 Å². The predicted molar refractivity (Wildman–Crippen MR) is 121 cm³/mol. The number of allylic oxidation sites excluding steroid dienone is 1. The van der Waals surface area contributed by atoms with Gasteiger partial charge in [0.05, 0.1) is 25.2 Å². The van der Waals surface area contributed by atoms with Gasteiger partial charge in [-0.3, -0.25) is 4.79 Å². The zero-order valence-corrected chi connectivity index (χ0v) is 20.7. The topological polar surface area (TPSA) is 72.6 Å². The monoisotopic (exact) mass is 437 g/mol. The number of hydrogen-bond acceptors (Lipinski definition) is 6. The minimum Gasteiger partial charge on any atom is -0.459 e. The lowest BCUT2D eigenvalue weighted by molar-refractivity contribution is -0.171. The van der Waals surface area contributed by atoms with Gasteiger partial charge >= 0.3 is 5.97 Å². The van der Waals surface area contributed by atoms with Crippen molar-refractivity contribution in [3.8, 4) is 0 Å². The zero-order chi connectivity index (χ0) is 23.0. The first-order chi connectivity index (χ1) is 14.5. The Morgan fingerprint density at radius 1 is 1.23 bits per heavy atom. The first-order valence-electron chi connectivity index (χ1n) is 11.9. The van der Waals surface area contributed by atoms with Crippen LogP contribution >= 0.6 is 0 Å². The number of methoxy groups -OCH3 is 1. The summed E-state index contributed by atoms with van der Waals surface area (Å²) in [6, 6.07) is 0.280. The van der Waals surface area contributed by atoms with Crippen LogP contribution in [-0.4, -0.2) is 61.8 Å². The van der Waals surface area contributed by atoms with Crippen molar-refractivity contribution in [3.63, 3.8) is 0 Å². The summed E-state index contributed by atoms with van der Waals surface area (Å²) in [4.78, 5) is 12.7. The van der Waals surface area contributed by atoms with Crippen molar-refractivity contribution < 1.29 is 23.7 Å². The minimum absolute atomic E-state index is 0.0548. The highest BCUT2D eigenvalue weighted by molar-refractivity contribution is 5.72. The molecule has 1 aliphatic carbocycles. The number of esters is 1. The van der Waals surface area contributed by atoms with E-state index in [9.17, 15) is 4.79 Å². The molecule has 2 aliphatic heterocycles. The van der Waals surface area contributed by atoms with E-state index in [4.69, 9.17) is 18.9 Å². The largest absolute Gasteiger partial charge is 0.459 e. The number of ether oxygens (including phenoxy) is 4. The molecule has 6 atom stereocenters. The molecule has 2 heterocycles. The van der Waals surface area contributed by atoms with Gasteiger partial charge in [0, 0.05) is 13.2 Å². The van der Waals surface area contributed by atoms with Crippen molar-refractivity contribution in [2.45, 2.75) is 103 Å². The van der Waals surface area contributed by atoms with Crippen LogP contribution in [0.2, 0.25) is 0 Å². The molecule has 6 heteroatoms. The van der Waals surface area contributed by atoms with Crippen LogP contribution in [0.1, 0.15) is 67.7 Å². The van der Waals surface area contributed by atoms with E-state index in [0.29, 0.717) is 11.8 Å². The van der Waals surface area contributed by atoms with Crippen LogP contribution in [-0.2, 0) is 23.7 Å². The highest BCUT2D eigenvalue weighted by Crippen LogP contribution is 2.59. The fraction of sp³-hybridized carbons (Fsp3) is 0.880. The Balaban J connectivity index is 1.65. The Hall–Kier alpha value is -0.950. The number of rotatable bonds is 10. The second-order valence-electron chi connectivity index (χ2n) is 10.8. The molecule has 178 valence electrons. The van der Waals surface area contributed by atoms with Gasteiger partial charge in [-0.05, 0) is 51.9 Å². The number of nitrogens with one attached hydrogen (secondary N) is 1. The smallest absolute Gasteiger partial charge is 0.320 e. The maximum absolute atomic E-state index is 12.7. The van der Waals surface area contributed by atoms with Crippen LogP contribution in [0.3, 0.4) is 0 Å². The Morgan fingerprint density at radius 2 is 1.87 bits per heavy atom. The number of hydrogen-bond donors (Lipinski definition) is 1. The summed E-state index contributed by atoms with van der Waals surface area (Å²) in [6.07, 6.45) is 4.39. The van der Waals surface area contributed by atoms with Gasteiger partial charge < -0.3 is 24.3 Å². The van der Waals surface area contributed by atoms with E-state index in [0.717, 1.165) is 25.9 Å². The van der Waals surface area contributed by atoms with E-state index in [1.807, 2.05) is 0 Å². The van der Waals surface area contributed by atoms with Crippen molar-refractivity contribution in [2.24, 2.45) is 17.8 Å². The molecule has 3 fully saturated rings. The SMILES string of the molecule is CO[C@@H]1[C@H](OC(=O)CNC(C(C)C)C(C)C)CC[C@]2(CO2)[C@H]1[C@@]1(C)OC1CC=C(C)C. The number of carbonyl (C=O) groups excluding carboxylic acids is 1. The van der Waals surface area contributed by atoms with Crippen molar-refractivity contribution in [3.05, 3.63) is 11.6 Å². The first kappa shape index (κ1) is 24.7. The fourth-order valence-electron chi connectivity index (χ4n) is 5.72. The molecule has 2 saturated heterocycles. The minimum atomic E-state index is -0.313. The van der Waals surface area contributed by atoms with Crippen LogP contribution < -0.4 is 5.32 Å². The lowest BCUT2D eigenvalue weighted by Crippen LogP contribution is -2.56. The summed E-state index contributed by atoms with van der Waals surface area (Å²) in [6.45, 7) is 16.0. The van der Waals surface area contributed by atoms with E-state index < -0.39 is 0 Å². The highest BCUT2D eigenvalue weighted by atomic mass is 16.6. The van der Waals surface area contributed by atoms with E-state index in [1.54, 1.807) is 7.11 Å². The molecule has 0 aromatic heterocycles. The predicted octanol–water partition coefficient (Wildman–Crippen LogP) is 3.88. The average molecular weight is 438 g/mol. The van der Waals surface area contributed by atoms with Crippen molar-refractivity contribution in [1.29, 1.82) is 0 Å². The Kier molecular flexibility index (Phi) is 7.57. The average Bonchev–Trinajstić information content (AvgIpc) is 3.58. The number of epoxide rings is 2. The van der Waals surface area contributed by atoms with Gasteiger partial charge in [0.15, 0.2) is 0 Å². The van der Waals surface area contributed by atoms with E-state index >= 15 is 0 Å².